The highest BCUT2D eigenvalue weighted by Crippen LogP contribution is 2.29. The molecule has 3 aromatic carbocycles. The zero-order valence-corrected chi connectivity index (χ0v) is 22.4. The molecule has 0 fully saturated rings. The summed E-state index contributed by atoms with van der Waals surface area (Å²) < 4.78 is 32.7. The Bertz CT molecular complexity index is 1130. The first-order valence-electron chi connectivity index (χ1n) is 12.3. The fraction of sp³-hybridized carbons (Fsp3) is 0.300. The van der Waals surface area contributed by atoms with Gasteiger partial charge in [0.2, 0.25) is 0 Å². The lowest BCUT2D eigenvalue weighted by atomic mass is 9.88. The zero-order chi connectivity index (χ0) is 28.3. The molecule has 0 unspecified atom stereocenters. The largest absolute Gasteiger partial charge is 0.496 e. The summed E-state index contributed by atoms with van der Waals surface area (Å²) in [6.45, 7) is 1.24. The molecule has 0 spiro atoms. The maximum atomic E-state index is 12.9. The number of hydrogen-bond donors (Lipinski definition) is 0. The maximum Gasteiger partial charge on any atom is 0.341 e. The summed E-state index contributed by atoms with van der Waals surface area (Å²) in [5.74, 6) is -0.813. The summed E-state index contributed by atoms with van der Waals surface area (Å²) in [6, 6.07) is 20.0. The minimum atomic E-state index is -1.05. The van der Waals surface area contributed by atoms with Gasteiger partial charge in [0, 0.05) is 0 Å². The molecule has 0 atom stereocenters. The minimum absolute atomic E-state index is 0.196. The van der Waals surface area contributed by atoms with Crippen molar-refractivity contribution >= 4 is 17.9 Å². The summed E-state index contributed by atoms with van der Waals surface area (Å²) in [5, 5.41) is 0. The van der Waals surface area contributed by atoms with Crippen molar-refractivity contribution in [2.45, 2.75) is 13.3 Å². The Labute approximate surface area is 227 Å². The lowest BCUT2D eigenvalue weighted by Crippen LogP contribution is -2.39. The average molecular weight is 537 g/mol. The van der Waals surface area contributed by atoms with Crippen molar-refractivity contribution in [3.8, 4) is 17.2 Å². The van der Waals surface area contributed by atoms with Gasteiger partial charge in [-0.1, -0.05) is 43.3 Å². The van der Waals surface area contributed by atoms with Crippen molar-refractivity contribution < 1.29 is 42.8 Å². The first-order chi connectivity index (χ1) is 18.9. The standard InChI is InChI=1S/C30H32O9/c1-5-30(18-37-27(31)21-12-6-9-15-24(21)34-2,19-38-28(32)22-13-7-10-16-25(22)35-3)20-39-29(33)23-14-8-11-17-26(23)36-4/h6-17H,5,18-20H2,1-4H3. The highest BCUT2D eigenvalue weighted by Gasteiger charge is 2.35. The molecule has 9 nitrogen and oxygen atoms in total. The number of ether oxygens (including phenoxy) is 6. The van der Waals surface area contributed by atoms with E-state index in [4.69, 9.17) is 28.4 Å². The van der Waals surface area contributed by atoms with E-state index in [0.29, 0.717) is 23.7 Å². The first kappa shape index (κ1) is 29.0. The normalized spacial score (nSPS) is 10.8. The first-order valence-corrected chi connectivity index (χ1v) is 12.3. The van der Waals surface area contributed by atoms with Gasteiger partial charge >= 0.3 is 17.9 Å². The van der Waals surface area contributed by atoms with Crippen molar-refractivity contribution in [2.75, 3.05) is 41.2 Å². The van der Waals surface area contributed by atoms with Crippen LogP contribution in [0.2, 0.25) is 0 Å². The van der Waals surface area contributed by atoms with Gasteiger partial charge in [0.15, 0.2) is 0 Å². The lowest BCUT2D eigenvalue weighted by molar-refractivity contribution is -0.0383. The Morgan fingerprint density at radius 1 is 0.538 bits per heavy atom. The van der Waals surface area contributed by atoms with Crippen LogP contribution in [0.4, 0.5) is 0 Å². The van der Waals surface area contributed by atoms with Gasteiger partial charge in [0.05, 0.1) is 26.7 Å². The molecule has 0 saturated heterocycles. The van der Waals surface area contributed by atoms with Crippen molar-refractivity contribution in [3.63, 3.8) is 0 Å². The predicted octanol–water partition coefficient (Wildman–Crippen LogP) is 4.98. The molecular formula is C30H32O9. The van der Waals surface area contributed by atoms with E-state index < -0.39 is 23.3 Å². The summed E-state index contributed by atoms with van der Waals surface area (Å²) in [5.41, 5.74) is -0.335. The van der Waals surface area contributed by atoms with E-state index in [-0.39, 0.29) is 36.5 Å². The maximum absolute atomic E-state index is 12.9. The van der Waals surface area contributed by atoms with E-state index in [1.807, 2.05) is 6.92 Å². The highest BCUT2D eigenvalue weighted by molar-refractivity contribution is 5.93. The van der Waals surface area contributed by atoms with Gasteiger partial charge in [0.25, 0.3) is 0 Å². The predicted molar refractivity (Wildman–Crippen MR) is 143 cm³/mol. The Morgan fingerprint density at radius 3 is 1.08 bits per heavy atom. The van der Waals surface area contributed by atoms with Gasteiger partial charge in [0.1, 0.15) is 53.8 Å². The van der Waals surface area contributed by atoms with Crippen LogP contribution < -0.4 is 14.2 Å². The van der Waals surface area contributed by atoms with Crippen LogP contribution in [0.1, 0.15) is 44.4 Å². The van der Waals surface area contributed by atoms with E-state index in [1.165, 1.54) is 21.3 Å². The number of rotatable bonds is 13. The summed E-state index contributed by atoms with van der Waals surface area (Å²) in [6.07, 6.45) is 0.352. The van der Waals surface area contributed by atoms with E-state index in [0.717, 1.165) is 0 Å². The fourth-order valence-electron chi connectivity index (χ4n) is 3.76. The molecule has 3 aromatic rings. The second kappa shape index (κ2) is 13.9. The van der Waals surface area contributed by atoms with Gasteiger partial charge in [-0.25, -0.2) is 14.4 Å². The highest BCUT2D eigenvalue weighted by atomic mass is 16.6. The molecule has 0 heterocycles. The van der Waals surface area contributed by atoms with Gasteiger partial charge in [-0.3, -0.25) is 0 Å². The minimum Gasteiger partial charge on any atom is -0.496 e. The number of methoxy groups -OCH3 is 3. The van der Waals surface area contributed by atoms with Crippen LogP contribution in [-0.2, 0) is 14.2 Å². The third-order valence-corrected chi connectivity index (χ3v) is 6.26. The van der Waals surface area contributed by atoms with Crippen LogP contribution >= 0.6 is 0 Å². The third-order valence-electron chi connectivity index (χ3n) is 6.26. The molecule has 0 amide bonds. The Balaban J connectivity index is 1.81. The summed E-state index contributed by atoms with van der Waals surface area (Å²) in [7, 11) is 4.37. The molecule has 0 N–H and O–H groups in total. The monoisotopic (exact) mass is 536 g/mol. The van der Waals surface area contributed by atoms with E-state index >= 15 is 0 Å². The fourth-order valence-corrected chi connectivity index (χ4v) is 3.76. The molecular weight excluding hydrogens is 504 g/mol. The van der Waals surface area contributed by atoms with E-state index in [1.54, 1.807) is 72.8 Å². The van der Waals surface area contributed by atoms with Crippen LogP contribution in [-0.4, -0.2) is 59.1 Å². The smallest absolute Gasteiger partial charge is 0.341 e. The topological polar surface area (TPSA) is 107 Å². The lowest BCUT2D eigenvalue weighted by Gasteiger charge is -2.31. The van der Waals surface area contributed by atoms with Crippen molar-refractivity contribution in [1.29, 1.82) is 0 Å². The number of hydrogen-bond acceptors (Lipinski definition) is 9. The zero-order valence-electron chi connectivity index (χ0n) is 22.4. The van der Waals surface area contributed by atoms with Crippen LogP contribution in [0.5, 0.6) is 17.2 Å². The molecule has 0 saturated carbocycles. The molecule has 0 radical (unpaired) electrons. The van der Waals surface area contributed by atoms with Crippen molar-refractivity contribution in [2.24, 2.45) is 5.41 Å². The average Bonchev–Trinajstić information content (AvgIpc) is 3.00. The Hall–Kier alpha value is -4.53. The quantitative estimate of drug-likeness (QED) is 0.221. The van der Waals surface area contributed by atoms with Crippen LogP contribution in [0, 0.1) is 5.41 Å². The van der Waals surface area contributed by atoms with E-state index in [2.05, 4.69) is 0 Å². The number of para-hydroxylation sites is 3. The second-order valence-electron chi connectivity index (χ2n) is 8.68. The number of carbonyl (C=O) groups is 3. The molecule has 0 bridgehead atoms. The molecule has 206 valence electrons. The number of esters is 3. The summed E-state index contributed by atoms with van der Waals surface area (Å²) in [4.78, 5) is 38.8. The molecule has 3 rings (SSSR count). The second-order valence-corrected chi connectivity index (χ2v) is 8.68. The summed E-state index contributed by atoms with van der Waals surface area (Å²) >= 11 is 0. The molecule has 9 heteroatoms. The molecule has 0 aliphatic carbocycles. The molecule has 39 heavy (non-hydrogen) atoms. The van der Waals surface area contributed by atoms with Gasteiger partial charge < -0.3 is 28.4 Å². The van der Waals surface area contributed by atoms with E-state index in [9.17, 15) is 14.4 Å². The van der Waals surface area contributed by atoms with Crippen molar-refractivity contribution in [1.82, 2.24) is 0 Å². The number of carbonyl (C=O) groups excluding carboxylic acids is 3. The third kappa shape index (κ3) is 7.28. The molecule has 0 aromatic heterocycles. The van der Waals surface area contributed by atoms with Crippen molar-refractivity contribution in [3.05, 3.63) is 89.5 Å². The Kier molecular flexibility index (Phi) is 10.3. The molecule has 0 aliphatic heterocycles. The molecule has 0 aliphatic rings. The number of benzene rings is 3. The van der Waals surface area contributed by atoms with Gasteiger partial charge in [-0.05, 0) is 42.8 Å². The van der Waals surface area contributed by atoms with Gasteiger partial charge in [-0.2, -0.15) is 0 Å². The Morgan fingerprint density at radius 2 is 0.821 bits per heavy atom. The van der Waals surface area contributed by atoms with Crippen LogP contribution in [0.15, 0.2) is 72.8 Å². The SMILES string of the molecule is CCC(COC(=O)c1ccccc1OC)(COC(=O)c1ccccc1OC)COC(=O)c1ccccc1OC. The van der Waals surface area contributed by atoms with Crippen LogP contribution in [0.25, 0.3) is 0 Å². The van der Waals surface area contributed by atoms with Crippen LogP contribution in [0.3, 0.4) is 0 Å². The van der Waals surface area contributed by atoms with Gasteiger partial charge in [-0.15, -0.1) is 0 Å².